The zero-order chi connectivity index (χ0) is 20.9. The SMILES string of the molecule is O=C(O)O[C@]1(CC2c3ccccc3-c3ccccc32)C(F)=C(F)C(F)=C(F)[C@@H]1F. The fourth-order valence-electron chi connectivity index (χ4n) is 4.08. The van der Waals surface area contributed by atoms with E-state index < -0.39 is 53.6 Å². The number of hydrogen-bond acceptors (Lipinski definition) is 2. The van der Waals surface area contributed by atoms with Gasteiger partial charge in [0.1, 0.15) is 0 Å². The van der Waals surface area contributed by atoms with E-state index >= 15 is 0 Å². The summed E-state index contributed by atoms with van der Waals surface area (Å²) in [6.07, 6.45) is -6.13. The van der Waals surface area contributed by atoms with Crippen molar-refractivity contribution in [3.8, 4) is 11.1 Å². The number of rotatable bonds is 3. The second-order valence-electron chi connectivity index (χ2n) is 6.84. The first kappa shape index (κ1) is 19.2. The second-order valence-corrected chi connectivity index (χ2v) is 6.84. The molecule has 0 amide bonds. The van der Waals surface area contributed by atoms with Gasteiger partial charge in [-0.05, 0) is 22.3 Å². The lowest BCUT2D eigenvalue weighted by Gasteiger charge is -2.37. The molecule has 2 atom stereocenters. The van der Waals surface area contributed by atoms with Gasteiger partial charge in [-0.25, -0.2) is 26.7 Å². The summed E-state index contributed by atoms with van der Waals surface area (Å²) in [5.41, 5.74) is -0.574. The lowest BCUT2D eigenvalue weighted by molar-refractivity contribution is -0.0636. The van der Waals surface area contributed by atoms with Gasteiger partial charge in [-0.15, -0.1) is 0 Å². The first-order valence-electron chi connectivity index (χ1n) is 8.63. The van der Waals surface area contributed by atoms with Gasteiger partial charge in [-0.2, -0.15) is 0 Å². The third-order valence-corrected chi connectivity index (χ3v) is 5.34. The van der Waals surface area contributed by atoms with Gasteiger partial charge < -0.3 is 9.84 Å². The summed E-state index contributed by atoms with van der Waals surface area (Å²) in [5.74, 6) is -9.87. The molecule has 4 rings (SSSR count). The third-order valence-electron chi connectivity index (χ3n) is 5.34. The van der Waals surface area contributed by atoms with Crippen LogP contribution in [0, 0.1) is 0 Å². The van der Waals surface area contributed by atoms with Crippen LogP contribution in [0.5, 0.6) is 0 Å². The van der Waals surface area contributed by atoms with E-state index in [1.807, 2.05) is 0 Å². The molecular formula is C21H13F5O3. The molecule has 2 aliphatic rings. The molecule has 8 heteroatoms. The number of fused-ring (bicyclic) bond motifs is 3. The minimum atomic E-state index is -3.20. The number of halogens is 5. The zero-order valence-electron chi connectivity index (χ0n) is 14.6. The molecule has 2 aliphatic carbocycles. The molecule has 2 aromatic rings. The summed E-state index contributed by atoms with van der Waals surface area (Å²) < 4.78 is 75.6. The van der Waals surface area contributed by atoms with Gasteiger partial charge in [-0.1, -0.05) is 48.5 Å². The van der Waals surface area contributed by atoms with E-state index in [2.05, 4.69) is 4.74 Å². The van der Waals surface area contributed by atoms with E-state index in [1.165, 1.54) is 0 Å². The van der Waals surface area contributed by atoms with Crippen LogP contribution in [0.25, 0.3) is 11.1 Å². The molecule has 0 radical (unpaired) electrons. The van der Waals surface area contributed by atoms with Crippen molar-refractivity contribution >= 4 is 6.16 Å². The van der Waals surface area contributed by atoms with Crippen LogP contribution in [0.2, 0.25) is 0 Å². The summed E-state index contributed by atoms with van der Waals surface area (Å²) >= 11 is 0. The van der Waals surface area contributed by atoms with Crippen LogP contribution < -0.4 is 0 Å². The highest BCUT2D eigenvalue weighted by Gasteiger charge is 2.58. The van der Waals surface area contributed by atoms with Crippen molar-refractivity contribution in [1.29, 1.82) is 0 Å². The Bertz CT molecular complexity index is 1030. The fraction of sp³-hybridized carbons (Fsp3) is 0.190. The minimum Gasteiger partial charge on any atom is -0.450 e. The first-order valence-corrected chi connectivity index (χ1v) is 8.63. The molecule has 0 unspecified atom stereocenters. The Morgan fingerprint density at radius 3 is 1.97 bits per heavy atom. The second kappa shape index (κ2) is 6.72. The smallest absolute Gasteiger partial charge is 0.450 e. The van der Waals surface area contributed by atoms with E-state index in [1.54, 1.807) is 48.5 Å². The van der Waals surface area contributed by atoms with Gasteiger partial charge in [0.05, 0.1) is 0 Å². The largest absolute Gasteiger partial charge is 0.506 e. The van der Waals surface area contributed by atoms with Crippen LogP contribution in [0.3, 0.4) is 0 Å². The molecule has 0 saturated carbocycles. The summed E-state index contributed by atoms with van der Waals surface area (Å²) in [7, 11) is 0. The van der Waals surface area contributed by atoms with Crippen molar-refractivity contribution in [2.45, 2.75) is 24.1 Å². The standard InChI is InChI=1S/C21H13F5O3/c22-15-16(23)18(25)21(29-20(27)28,19(26)17(15)24)9-14-12-7-3-1-5-10(12)11-6-2-4-8-13(11)14/h1-8,14,18H,9H2,(H,27,28)/t18-,21-/m0/s1. The Morgan fingerprint density at radius 2 is 1.45 bits per heavy atom. The minimum absolute atomic E-state index is 0.581. The van der Waals surface area contributed by atoms with E-state index in [4.69, 9.17) is 5.11 Å². The topological polar surface area (TPSA) is 46.5 Å². The Balaban J connectivity index is 1.89. The molecule has 2 aromatic carbocycles. The highest BCUT2D eigenvalue weighted by Crippen LogP contribution is 2.54. The van der Waals surface area contributed by atoms with Gasteiger partial charge in [0, 0.05) is 12.3 Å². The van der Waals surface area contributed by atoms with E-state index in [9.17, 15) is 26.7 Å². The van der Waals surface area contributed by atoms with Crippen LogP contribution in [0.1, 0.15) is 23.5 Å². The number of carboxylic acid groups (broad SMARTS) is 1. The molecule has 150 valence electrons. The maximum Gasteiger partial charge on any atom is 0.506 e. The normalized spacial score (nSPS) is 23.8. The average Bonchev–Trinajstić information content (AvgIpc) is 3.03. The van der Waals surface area contributed by atoms with Crippen molar-refractivity contribution in [2.75, 3.05) is 0 Å². The first-order chi connectivity index (χ1) is 13.8. The van der Waals surface area contributed by atoms with Crippen molar-refractivity contribution < 1.29 is 36.6 Å². The van der Waals surface area contributed by atoms with Crippen LogP contribution in [0.4, 0.5) is 26.7 Å². The van der Waals surface area contributed by atoms with E-state index in [-0.39, 0.29) is 0 Å². The van der Waals surface area contributed by atoms with Gasteiger partial charge in [0.25, 0.3) is 0 Å². The number of benzene rings is 2. The van der Waals surface area contributed by atoms with Crippen LogP contribution >= 0.6 is 0 Å². The monoisotopic (exact) mass is 408 g/mol. The summed E-state index contributed by atoms with van der Waals surface area (Å²) in [4.78, 5) is 11.2. The maximum absolute atomic E-state index is 14.8. The van der Waals surface area contributed by atoms with Gasteiger partial charge in [0.2, 0.25) is 11.8 Å². The van der Waals surface area contributed by atoms with E-state index in [0.29, 0.717) is 11.1 Å². The van der Waals surface area contributed by atoms with Crippen molar-refractivity contribution in [3.63, 3.8) is 0 Å². The van der Waals surface area contributed by atoms with Crippen molar-refractivity contribution in [1.82, 2.24) is 0 Å². The molecule has 0 saturated heterocycles. The Labute approximate surface area is 161 Å². The van der Waals surface area contributed by atoms with Crippen LogP contribution in [0.15, 0.2) is 71.8 Å². The highest BCUT2D eigenvalue weighted by molar-refractivity contribution is 5.79. The molecule has 0 fully saturated rings. The zero-order valence-corrected chi connectivity index (χ0v) is 14.6. The summed E-state index contributed by atoms with van der Waals surface area (Å²) in [6, 6.07) is 13.7. The van der Waals surface area contributed by atoms with Crippen molar-refractivity contribution in [3.05, 3.63) is 83.0 Å². The number of hydrogen-bond donors (Lipinski definition) is 1. The Kier molecular flexibility index (Phi) is 4.44. The lowest BCUT2D eigenvalue weighted by atomic mass is 9.78. The number of allylic oxidation sites excluding steroid dienone is 2. The molecule has 0 bridgehead atoms. The fourth-order valence-corrected chi connectivity index (χ4v) is 4.08. The molecule has 1 N–H and O–H groups in total. The van der Waals surface area contributed by atoms with Crippen molar-refractivity contribution in [2.24, 2.45) is 0 Å². The molecule has 0 heterocycles. The highest BCUT2D eigenvalue weighted by atomic mass is 19.2. The molecule has 29 heavy (non-hydrogen) atoms. The molecule has 0 aliphatic heterocycles. The molecule has 3 nitrogen and oxygen atoms in total. The number of alkyl halides is 1. The average molecular weight is 408 g/mol. The molecule has 0 spiro atoms. The quantitative estimate of drug-likeness (QED) is 0.481. The third kappa shape index (κ3) is 2.73. The van der Waals surface area contributed by atoms with Crippen LogP contribution in [-0.4, -0.2) is 23.0 Å². The maximum atomic E-state index is 14.8. The lowest BCUT2D eigenvalue weighted by Crippen LogP contribution is -2.48. The van der Waals surface area contributed by atoms with Gasteiger partial charge in [-0.3, -0.25) is 0 Å². The summed E-state index contributed by atoms with van der Waals surface area (Å²) in [6.45, 7) is 0. The van der Waals surface area contributed by atoms with Gasteiger partial charge in [0.15, 0.2) is 23.3 Å². The van der Waals surface area contributed by atoms with E-state index in [0.717, 1.165) is 11.1 Å². The molecular weight excluding hydrogens is 395 g/mol. The van der Waals surface area contributed by atoms with Crippen LogP contribution in [-0.2, 0) is 4.74 Å². The number of carbonyl (C=O) groups is 1. The summed E-state index contributed by atoms with van der Waals surface area (Å²) in [5, 5.41) is 9.04. The van der Waals surface area contributed by atoms with Gasteiger partial charge >= 0.3 is 6.16 Å². The predicted molar refractivity (Wildman–Crippen MR) is 93.6 cm³/mol. The number of ether oxygens (including phenoxy) is 1. The molecule has 0 aromatic heterocycles. The predicted octanol–water partition coefficient (Wildman–Crippen LogP) is 6.28. The Morgan fingerprint density at radius 1 is 0.931 bits per heavy atom. The Hall–Kier alpha value is -3.16.